The molecule has 2 aromatic carbocycles. The topological polar surface area (TPSA) is 150 Å². The summed E-state index contributed by atoms with van der Waals surface area (Å²) >= 11 is 0. The number of aryl methyl sites for hydroxylation is 2. The van der Waals surface area contributed by atoms with Gasteiger partial charge in [0.05, 0.1) is 44.2 Å². The molecule has 5 heterocycles. The molecule has 2 saturated heterocycles. The first-order chi connectivity index (χ1) is 30.9. The molecule has 1 atom stereocenters. The molecule has 8 rings (SSSR count). The van der Waals surface area contributed by atoms with Gasteiger partial charge in [0.1, 0.15) is 11.7 Å². The zero-order valence-electron chi connectivity index (χ0n) is 37.2. The van der Waals surface area contributed by atoms with Crippen molar-refractivity contribution < 1.29 is 23.8 Å². The van der Waals surface area contributed by atoms with Crippen LogP contribution in [0.5, 0.6) is 0 Å². The fourth-order valence-corrected chi connectivity index (χ4v) is 9.29. The number of ether oxygens (including phenoxy) is 3. The molecule has 0 bridgehead atoms. The lowest BCUT2D eigenvalue weighted by Crippen LogP contribution is -2.46. The average Bonchev–Trinajstić information content (AvgIpc) is 3.80. The molecule has 338 valence electrons. The van der Waals surface area contributed by atoms with E-state index < -0.39 is 11.9 Å². The summed E-state index contributed by atoms with van der Waals surface area (Å²) in [5, 5.41) is 6.91. The lowest BCUT2D eigenvalue weighted by Gasteiger charge is -2.34. The van der Waals surface area contributed by atoms with Gasteiger partial charge < -0.3 is 24.1 Å². The standard InChI is InChI=1S/C48H65N9O6/c1-3-4-20-49-47-50-31-39-40(33-56(45(39)52-47)38-10-6-5-7-11-38)37-15-12-36(13-16-37)32-54-21-23-55(24-22-54)34-63-29-28-62-27-26-61-25-8-9-35-14-17-41-43(30-35)53(2)48(60)57(41)42-18-19-44(58)51-46(42)59/h12-17,30-31,33,38,42H,3-11,18-29,32,34H2,1-2H3,(H,49,50,52)(H,51,58,59). The number of aromatic nitrogens is 5. The zero-order valence-corrected chi connectivity index (χ0v) is 37.2. The van der Waals surface area contributed by atoms with E-state index in [2.05, 4.69) is 62.4 Å². The summed E-state index contributed by atoms with van der Waals surface area (Å²) in [6.07, 6.45) is 15.1. The monoisotopic (exact) mass is 864 g/mol. The number of hydrogen-bond donors (Lipinski definition) is 2. The third kappa shape index (κ3) is 11.1. The summed E-state index contributed by atoms with van der Waals surface area (Å²) in [4.78, 5) is 51.8. The van der Waals surface area contributed by atoms with Gasteiger partial charge in [-0.3, -0.25) is 33.8 Å². The number of carbonyl (C=O) groups is 2. The number of imidazole rings is 1. The van der Waals surface area contributed by atoms with Crippen LogP contribution in [-0.4, -0.2) is 118 Å². The number of nitrogens with one attached hydrogen (secondary N) is 2. The molecular formula is C48H65N9O6. The molecule has 0 spiro atoms. The fraction of sp³-hybridized carbons (Fsp3) is 0.562. The van der Waals surface area contributed by atoms with E-state index in [0.717, 1.165) is 93.0 Å². The number of benzene rings is 2. The number of nitrogens with zero attached hydrogens (tertiary/aromatic N) is 7. The molecule has 15 nitrogen and oxygen atoms in total. The lowest BCUT2D eigenvalue weighted by molar-refractivity contribution is -0.135. The van der Waals surface area contributed by atoms with Crippen LogP contribution in [0.15, 0.2) is 59.7 Å². The lowest BCUT2D eigenvalue weighted by atomic mass is 9.95. The minimum atomic E-state index is -0.683. The van der Waals surface area contributed by atoms with Crippen molar-refractivity contribution in [1.82, 2.24) is 38.8 Å². The van der Waals surface area contributed by atoms with E-state index in [1.165, 1.54) is 53.4 Å². The highest BCUT2D eigenvalue weighted by Gasteiger charge is 2.31. The van der Waals surface area contributed by atoms with Gasteiger partial charge in [-0.2, -0.15) is 4.98 Å². The number of carbonyl (C=O) groups excluding carboxylic acids is 2. The van der Waals surface area contributed by atoms with Gasteiger partial charge in [0, 0.05) is 88.7 Å². The van der Waals surface area contributed by atoms with E-state index in [1.807, 2.05) is 24.4 Å². The number of hydrogen-bond acceptors (Lipinski definition) is 11. The number of piperidine rings is 1. The SMILES string of the molecule is CCCCNc1ncc2c(-c3ccc(CN4CCN(COCCOCCOCCCc5ccc6c(c5)n(C)c(=O)n6C5CCC(=O)NC5=O)CC4)cc3)cn(C3CCCCC3)c2n1. The number of rotatable bonds is 21. The van der Waals surface area contributed by atoms with Crippen molar-refractivity contribution in [3.63, 3.8) is 0 Å². The quantitative estimate of drug-likeness (QED) is 0.0641. The van der Waals surface area contributed by atoms with Crippen molar-refractivity contribution in [3.8, 4) is 11.1 Å². The fourth-order valence-electron chi connectivity index (χ4n) is 9.29. The summed E-state index contributed by atoms with van der Waals surface area (Å²) < 4.78 is 23.0. The second kappa shape index (κ2) is 21.6. The van der Waals surface area contributed by atoms with Crippen LogP contribution in [0.2, 0.25) is 0 Å². The van der Waals surface area contributed by atoms with Crippen LogP contribution in [0.4, 0.5) is 5.95 Å². The van der Waals surface area contributed by atoms with Crippen molar-refractivity contribution in [2.75, 3.05) is 77.8 Å². The Morgan fingerprint density at radius 1 is 0.810 bits per heavy atom. The van der Waals surface area contributed by atoms with Gasteiger partial charge in [0.25, 0.3) is 0 Å². The molecule has 1 unspecified atom stereocenters. The first-order valence-electron chi connectivity index (χ1n) is 23.3. The van der Waals surface area contributed by atoms with Gasteiger partial charge in [-0.1, -0.05) is 62.9 Å². The van der Waals surface area contributed by atoms with Crippen LogP contribution in [0.3, 0.4) is 0 Å². The van der Waals surface area contributed by atoms with Gasteiger partial charge >= 0.3 is 5.69 Å². The molecule has 3 aromatic heterocycles. The Kier molecular flexibility index (Phi) is 15.3. The smallest absolute Gasteiger partial charge is 0.329 e. The maximum absolute atomic E-state index is 13.0. The van der Waals surface area contributed by atoms with Crippen LogP contribution in [0, 0.1) is 0 Å². The molecule has 3 aliphatic rings. The summed E-state index contributed by atoms with van der Waals surface area (Å²) in [6.45, 7) is 11.3. The third-order valence-electron chi connectivity index (χ3n) is 12.9. The van der Waals surface area contributed by atoms with Gasteiger partial charge in [-0.05, 0) is 67.3 Å². The van der Waals surface area contributed by atoms with E-state index in [4.69, 9.17) is 24.2 Å². The number of anilines is 1. The number of imide groups is 1. The zero-order chi connectivity index (χ0) is 43.5. The van der Waals surface area contributed by atoms with E-state index >= 15 is 0 Å². The molecule has 0 radical (unpaired) electrons. The molecule has 1 aliphatic carbocycles. The Labute approximate surface area is 370 Å². The highest BCUT2D eigenvalue weighted by Crippen LogP contribution is 2.37. The Morgan fingerprint density at radius 2 is 1.54 bits per heavy atom. The predicted octanol–water partition coefficient (Wildman–Crippen LogP) is 6.20. The summed E-state index contributed by atoms with van der Waals surface area (Å²) in [7, 11) is 1.71. The first-order valence-corrected chi connectivity index (χ1v) is 23.3. The average molecular weight is 864 g/mol. The van der Waals surface area contributed by atoms with E-state index in [0.29, 0.717) is 57.7 Å². The minimum Gasteiger partial charge on any atom is -0.379 e. The Bertz CT molecular complexity index is 2360. The van der Waals surface area contributed by atoms with Crippen molar-refractivity contribution in [3.05, 3.63) is 76.5 Å². The second-order valence-electron chi connectivity index (χ2n) is 17.4. The molecule has 3 fully saturated rings. The number of piperazine rings is 1. The highest BCUT2D eigenvalue weighted by molar-refractivity contribution is 6.00. The van der Waals surface area contributed by atoms with Crippen LogP contribution < -0.4 is 16.3 Å². The Hall–Kier alpha value is -4.93. The maximum atomic E-state index is 13.0. The third-order valence-corrected chi connectivity index (χ3v) is 12.9. The molecular weight excluding hydrogens is 799 g/mol. The number of fused-ring (bicyclic) bond motifs is 2. The molecule has 63 heavy (non-hydrogen) atoms. The van der Waals surface area contributed by atoms with Gasteiger partial charge in [0.15, 0.2) is 0 Å². The van der Waals surface area contributed by atoms with Crippen LogP contribution in [0.1, 0.15) is 94.3 Å². The first kappa shape index (κ1) is 44.7. The summed E-state index contributed by atoms with van der Waals surface area (Å²) in [6, 6.07) is 14.8. The normalized spacial score (nSPS) is 18.2. The molecule has 1 saturated carbocycles. The largest absolute Gasteiger partial charge is 0.379 e. The Balaban J connectivity index is 0.697. The number of amides is 2. The predicted molar refractivity (Wildman–Crippen MR) is 245 cm³/mol. The van der Waals surface area contributed by atoms with Crippen molar-refractivity contribution in [2.24, 2.45) is 7.05 Å². The van der Waals surface area contributed by atoms with E-state index in [-0.39, 0.29) is 18.0 Å². The van der Waals surface area contributed by atoms with Gasteiger partial charge in [-0.15, -0.1) is 0 Å². The van der Waals surface area contributed by atoms with E-state index in [9.17, 15) is 14.4 Å². The van der Waals surface area contributed by atoms with Crippen molar-refractivity contribution in [2.45, 2.75) is 96.2 Å². The molecule has 5 aromatic rings. The number of unbranched alkanes of at least 4 members (excludes halogenated alkanes) is 1. The second-order valence-corrected chi connectivity index (χ2v) is 17.4. The summed E-state index contributed by atoms with van der Waals surface area (Å²) in [5.74, 6) is 0.000862. The van der Waals surface area contributed by atoms with Crippen LogP contribution in [-0.2, 0) is 43.8 Å². The molecule has 15 heteroatoms. The van der Waals surface area contributed by atoms with Crippen LogP contribution >= 0.6 is 0 Å². The van der Waals surface area contributed by atoms with Gasteiger partial charge in [0.2, 0.25) is 17.8 Å². The minimum absolute atomic E-state index is 0.220. The Morgan fingerprint density at radius 3 is 2.30 bits per heavy atom. The van der Waals surface area contributed by atoms with Crippen LogP contribution in [0.25, 0.3) is 33.2 Å². The van der Waals surface area contributed by atoms with Crippen molar-refractivity contribution in [1.29, 1.82) is 0 Å². The molecule has 2 amide bonds. The maximum Gasteiger partial charge on any atom is 0.329 e. The molecule has 2 N–H and O–H groups in total. The van der Waals surface area contributed by atoms with Gasteiger partial charge in [-0.25, -0.2) is 9.78 Å². The van der Waals surface area contributed by atoms with E-state index in [1.54, 1.807) is 11.6 Å². The molecule has 2 aliphatic heterocycles. The highest BCUT2D eigenvalue weighted by atomic mass is 16.5. The van der Waals surface area contributed by atoms with Crippen molar-refractivity contribution >= 4 is 39.8 Å². The summed E-state index contributed by atoms with van der Waals surface area (Å²) in [5.41, 5.74) is 7.10.